The standard InChI is InChI=1S/C18H19ClN2O3/c19-15-8-6-14(7-9-15)11-20-17(23)18(24)21-12-16(22)10-13-4-2-1-3-5-13/h1-9,16,22H,10-12H2,(H,20,23)(H,21,24). The molecule has 0 aliphatic heterocycles. The molecule has 2 rings (SSSR count). The molecule has 6 heteroatoms. The number of carbonyl (C=O) groups is 2. The van der Waals surface area contributed by atoms with Crippen LogP contribution in [-0.2, 0) is 22.6 Å². The van der Waals surface area contributed by atoms with Crippen LogP contribution in [0.4, 0.5) is 0 Å². The molecule has 126 valence electrons. The average molecular weight is 347 g/mol. The van der Waals surface area contributed by atoms with E-state index in [0.717, 1.165) is 11.1 Å². The van der Waals surface area contributed by atoms with E-state index in [1.165, 1.54) is 0 Å². The quantitative estimate of drug-likeness (QED) is 0.696. The van der Waals surface area contributed by atoms with Crippen molar-refractivity contribution in [3.8, 4) is 0 Å². The van der Waals surface area contributed by atoms with E-state index in [0.29, 0.717) is 11.4 Å². The summed E-state index contributed by atoms with van der Waals surface area (Å²) in [6, 6.07) is 16.4. The third-order valence-corrected chi connectivity index (χ3v) is 3.64. The maximum absolute atomic E-state index is 11.7. The van der Waals surface area contributed by atoms with E-state index in [1.807, 2.05) is 30.3 Å². The Kier molecular flexibility index (Phi) is 6.78. The van der Waals surface area contributed by atoms with Crippen LogP contribution in [0.1, 0.15) is 11.1 Å². The average Bonchev–Trinajstić information content (AvgIpc) is 2.59. The van der Waals surface area contributed by atoms with E-state index in [1.54, 1.807) is 24.3 Å². The molecule has 0 saturated heterocycles. The Morgan fingerprint density at radius 3 is 2.21 bits per heavy atom. The van der Waals surface area contributed by atoms with Gasteiger partial charge in [-0.15, -0.1) is 0 Å². The lowest BCUT2D eigenvalue weighted by Crippen LogP contribution is -2.42. The fourth-order valence-electron chi connectivity index (χ4n) is 2.11. The number of nitrogens with one attached hydrogen (secondary N) is 2. The van der Waals surface area contributed by atoms with Crippen LogP contribution in [0.15, 0.2) is 54.6 Å². The highest BCUT2D eigenvalue weighted by atomic mass is 35.5. The summed E-state index contributed by atoms with van der Waals surface area (Å²) in [5.74, 6) is -1.51. The molecular weight excluding hydrogens is 328 g/mol. The van der Waals surface area contributed by atoms with Crippen molar-refractivity contribution in [1.29, 1.82) is 0 Å². The summed E-state index contributed by atoms with van der Waals surface area (Å²) in [6.45, 7) is 0.248. The van der Waals surface area contributed by atoms with E-state index in [-0.39, 0.29) is 13.1 Å². The lowest BCUT2D eigenvalue weighted by Gasteiger charge is -2.12. The van der Waals surface area contributed by atoms with Crippen molar-refractivity contribution >= 4 is 23.4 Å². The van der Waals surface area contributed by atoms with Crippen LogP contribution in [0.5, 0.6) is 0 Å². The third-order valence-electron chi connectivity index (χ3n) is 3.38. The van der Waals surface area contributed by atoms with Crippen LogP contribution < -0.4 is 10.6 Å². The minimum absolute atomic E-state index is 0.0160. The molecule has 0 bridgehead atoms. The fraction of sp³-hybridized carbons (Fsp3) is 0.222. The first-order valence-corrected chi connectivity index (χ1v) is 7.95. The van der Waals surface area contributed by atoms with Crippen molar-refractivity contribution in [1.82, 2.24) is 10.6 Å². The second-order valence-electron chi connectivity index (χ2n) is 5.36. The summed E-state index contributed by atoms with van der Waals surface area (Å²) in [7, 11) is 0. The normalized spacial score (nSPS) is 11.6. The minimum Gasteiger partial charge on any atom is -0.391 e. The molecule has 0 spiro atoms. The van der Waals surface area contributed by atoms with E-state index in [2.05, 4.69) is 10.6 Å². The molecule has 1 unspecified atom stereocenters. The van der Waals surface area contributed by atoms with Crippen LogP contribution in [-0.4, -0.2) is 29.6 Å². The molecule has 1 atom stereocenters. The van der Waals surface area contributed by atoms with Crippen molar-refractivity contribution in [2.75, 3.05) is 6.54 Å². The summed E-state index contributed by atoms with van der Waals surface area (Å²) in [6.07, 6.45) is -0.339. The number of carbonyl (C=O) groups excluding carboxylic acids is 2. The summed E-state index contributed by atoms with van der Waals surface area (Å²) in [5, 5.41) is 15.5. The highest BCUT2D eigenvalue weighted by molar-refractivity contribution is 6.35. The van der Waals surface area contributed by atoms with Crippen molar-refractivity contribution < 1.29 is 14.7 Å². The van der Waals surface area contributed by atoms with Crippen LogP contribution in [0.3, 0.4) is 0 Å². The number of aliphatic hydroxyl groups is 1. The number of hydrogen-bond acceptors (Lipinski definition) is 3. The van der Waals surface area contributed by atoms with Gasteiger partial charge in [-0.25, -0.2) is 0 Å². The van der Waals surface area contributed by atoms with Gasteiger partial charge < -0.3 is 15.7 Å². The number of halogens is 1. The maximum atomic E-state index is 11.7. The molecule has 0 aromatic heterocycles. The van der Waals surface area contributed by atoms with Gasteiger partial charge in [-0.1, -0.05) is 54.1 Å². The Balaban J connectivity index is 1.71. The van der Waals surface area contributed by atoms with E-state index < -0.39 is 17.9 Å². The second kappa shape index (κ2) is 9.05. The summed E-state index contributed by atoms with van der Waals surface area (Å²) >= 11 is 5.78. The summed E-state index contributed by atoms with van der Waals surface area (Å²) in [5.41, 5.74) is 1.80. The van der Waals surface area contributed by atoms with Gasteiger partial charge in [0.25, 0.3) is 0 Å². The SMILES string of the molecule is O=C(NCc1ccc(Cl)cc1)C(=O)NCC(O)Cc1ccccc1. The van der Waals surface area contributed by atoms with Crippen LogP contribution in [0.2, 0.25) is 5.02 Å². The largest absolute Gasteiger partial charge is 0.391 e. The molecular formula is C18H19ClN2O3. The molecule has 0 aliphatic carbocycles. The van der Waals surface area contributed by atoms with Crippen LogP contribution in [0.25, 0.3) is 0 Å². The first-order valence-electron chi connectivity index (χ1n) is 7.57. The van der Waals surface area contributed by atoms with E-state index in [9.17, 15) is 14.7 Å². The zero-order chi connectivity index (χ0) is 17.4. The number of benzene rings is 2. The monoisotopic (exact) mass is 346 g/mol. The molecule has 0 heterocycles. The van der Waals surface area contributed by atoms with E-state index in [4.69, 9.17) is 11.6 Å². The van der Waals surface area contributed by atoms with Gasteiger partial charge in [0.05, 0.1) is 6.10 Å². The number of rotatable bonds is 6. The topological polar surface area (TPSA) is 78.4 Å². The van der Waals surface area contributed by atoms with Gasteiger partial charge in [0.15, 0.2) is 0 Å². The number of hydrogen-bond donors (Lipinski definition) is 3. The van der Waals surface area contributed by atoms with Gasteiger partial charge in [-0.3, -0.25) is 9.59 Å². The maximum Gasteiger partial charge on any atom is 0.309 e. The molecule has 24 heavy (non-hydrogen) atoms. The zero-order valence-electron chi connectivity index (χ0n) is 13.0. The van der Waals surface area contributed by atoms with Crippen LogP contribution in [0, 0.1) is 0 Å². The Labute approximate surface area is 145 Å². The van der Waals surface area contributed by atoms with Gasteiger partial charge in [-0.05, 0) is 23.3 Å². The molecule has 2 amide bonds. The summed E-state index contributed by atoms with van der Waals surface area (Å²) in [4.78, 5) is 23.4. The molecule has 0 saturated carbocycles. The predicted octanol–water partition coefficient (Wildman–Crippen LogP) is 1.68. The lowest BCUT2D eigenvalue weighted by atomic mass is 10.1. The lowest BCUT2D eigenvalue weighted by molar-refractivity contribution is -0.139. The highest BCUT2D eigenvalue weighted by Gasteiger charge is 2.14. The highest BCUT2D eigenvalue weighted by Crippen LogP contribution is 2.09. The Morgan fingerprint density at radius 1 is 0.917 bits per heavy atom. The Bertz CT molecular complexity index is 674. The van der Waals surface area contributed by atoms with Gasteiger partial charge in [-0.2, -0.15) is 0 Å². The molecule has 2 aromatic carbocycles. The molecule has 0 fully saturated rings. The van der Waals surface area contributed by atoms with Crippen molar-refractivity contribution in [3.05, 3.63) is 70.7 Å². The molecule has 2 aromatic rings. The van der Waals surface area contributed by atoms with E-state index >= 15 is 0 Å². The fourth-order valence-corrected chi connectivity index (χ4v) is 2.24. The first-order chi connectivity index (χ1) is 11.5. The second-order valence-corrected chi connectivity index (χ2v) is 5.80. The molecule has 5 nitrogen and oxygen atoms in total. The van der Waals surface area contributed by atoms with Gasteiger partial charge in [0.1, 0.15) is 0 Å². The number of aliphatic hydroxyl groups excluding tert-OH is 1. The smallest absolute Gasteiger partial charge is 0.309 e. The van der Waals surface area contributed by atoms with Crippen molar-refractivity contribution in [2.45, 2.75) is 19.1 Å². The zero-order valence-corrected chi connectivity index (χ0v) is 13.8. The van der Waals surface area contributed by atoms with Crippen molar-refractivity contribution in [3.63, 3.8) is 0 Å². The van der Waals surface area contributed by atoms with Gasteiger partial charge >= 0.3 is 11.8 Å². The van der Waals surface area contributed by atoms with Gasteiger partial charge in [0.2, 0.25) is 0 Å². The van der Waals surface area contributed by atoms with Crippen LogP contribution >= 0.6 is 11.6 Å². The number of amides is 2. The third kappa shape index (κ3) is 6.02. The van der Waals surface area contributed by atoms with Crippen molar-refractivity contribution in [2.24, 2.45) is 0 Å². The first kappa shape index (κ1) is 18.0. The Morgan fingerprint density at radius 2 is 1.54 bits per heavy atom. The molecule has 0 aliphatic rings. The Hall–Kier alpha value is -2.37. The minimum atomic E-state index is -0.768. The molecule has 0 radical (unpaired) electrons. The summed E-state index contributed by atoms with van der Waals surface area (Å²) < 4.78 is 0. The predicted molar refractivity (Wildman–Crippen MR) is 92.5 cm³/mol. The molecule has 3 N–H and O–H groups in total. The van der Waals surface area contributed by atoms with Gasteiger partial charge in [0, 0.05) is 24.5 Å².